The van der Waals surface area contributed by atoms with E-state index in [0.29, 0.717) is 28.1 Å². The van der Waals surface area contributed by atoms with Gasteiger partial charge in [-0.05, 0) is 63.1 Å². The van der Waals surface area contributed by atoms with E-state index < -0.39 is 41.6 Å². The van der Waals surface area contributed by atoms with E-state index in [0.717, 1.165) is 31.5 Å². The molecule has 0 saturated carbocycles. The molecule has 1 unspecified atom stereocenters. The first kappa shape index (κ1) is 29.7. The standard InChI is InChI=1S/C32H26ClN7O5S/c1-14-15(2)46-32-26(14)27(17-4-6-18(33)7-5-17)35-22(28-38-37-16(3)39(28)32)13-25(42)34-19-8-9-20-21(12-19)31(45)40(30(20)44)23-10-11-24(41)36-29(23)43/h4-9,12,22-23H,10-11,13H2,1-3H3,(H,34,42)(H,36,41,43)/t22-,23?/m0/s1. The smallest absolute Gasteiger partial charge is 0.262 e. The van der Waals surface area contributed by atoms with Crippen molar-refractivity contribution in [3.63, 3.8) is 0 Å². The maximum absolute atomic E-state index is 13.6. The third-order valence-corrected chi connectivity index (χ3v) is 9.90. The van der Waals surface area contributed by atoms with Crippen LogP contribution in [0.3, 0.4) is 0 Å². The second-order valence-corrected chi connectivity index (χ2v) is 13.0. The van der Waals surface area contributed by atoms with E-state index >= 15 is 0 Å². The van der Waals surface area contributed by atoms with Gasteiger partial charge in [0, 0.05) is 33.1 Å². The molecule has 0 bridgehead atoms. The molecule has 12 nitrogen and oxygen atoms in total. The van der Waals surface area contributed by atoms with Gasteiger partial charge in [0.05, 0.1) is 23.3 Å². The number of fused-ring (bicyclic) bond motifs is 4. The highest BCUT2D eigenvalue weighted by Gasteiger charge is 2.44. The number of imide groups is 2. The fourth-order valence-electron chi connectivity index (χ4n) is 6.07. The van der Waals surface area contributed by atoms with Crippen LogP contribution in [0, 0.1) is 20.8 Å². The second kappa shape index (κ2) is 11.1. The fourth-order valence-corrected chi connectivity index (χ4v) is 7.41. The van der Waals surface area contributed by atoms with E-state index in [1.54, 1.807) is 23.5 Å². The normalized spacial score (nSPS) is 18.9. The van der Waals surface area contributed by atoms with E-state index in [9.17, 15) is 24.0 Å². The van der Waals surface area contributed by atoms with Crippen LogP contribution in [0.4, 0.5) is 5.69 Å². The maximum Gasteiger partial charge on any atom is 0.262 e. The number of amides is 5. The van der Waals surface area contributed by atoms with Crippen molar-refractivity contribution in [1.29, 1.82) is 0 Å². The van der Waals surface area contributed by atoms with Gasteiger partial charge in [-0.15, -0.1) is 21.5 Å². The molecule has 14 heteroatoms. The van der Waals surface area contributed by atoms with Crippen molar-refractivity contribution in [3.8, 4) is 5.00 Å². The first-order chi connectivity index (χ1) is 22.0. The molecular weight excluding hydrogens is 630 g/mol. The van der Waals surface area contributed by atoms with Crippen LogP contribution >= 0.6 is 22.9 Å². The SMILES string of the molecule is Cc1sc2c(c1C)C(c1ccc(Cl)cc1)=N[C@@H](CC(=O)Nc1ccc3c(c1)C(=O)N(C1CCC(=O)NC1=O)C3=O)c1nnc(C)n1-2. The van der Waals surface area contributed by atoms with Crippen molar-refractivity contribution in [1.82, 2.24) is 25.0 Å². The molecule has 2 aromatic heterocycles. The highest BCUT2D eigenvalue weighted by Crippen LogP contribution is 2.40. The van der Waals surface area contributed by atoms with Gasteiger partial charge >= 0.3 is 0 Å². The second-order valence-electron chi connectivity index (χ2n) is 11.4. The monoisotopic (exact) mass is 655 g/mol. The van der Waals surface area contributed by atoms with Crippen molar-refractivity contribution in [2.24, 2.45) is 4.99 Å². The zero-order chi connectivity index (χ0) is 32.4. The first-order valence-corrected chi connectivity index (χ1v) is 15.7. The van der Waals surface area contributed by atoms with Crippen molar-refractivity contribution in [2.45, 2.75) is 52.1 Å². The molecule has 7 rings (SSSR count). The number of hydrogen-bond donors (Lipinski definition) is 2. The number of nitrogens with one attached hydrogen (secondary N) is 2. The maximum atomic E-state index is 13.6. The van der Waals surface area contributed by atoms with Crippen LogP contribution in [0.15, 0.2) is 47.5 Å². The van der Waals surface area contributed by atoms with Gasteiger partial charge in [0.15, 0.2) is 5.82 Å². The number of nitrogens with zero attached hydrogens (tertiary/aromatic N) is 5. The molecule has 3 aliphatic rings. The quantitative estimate of drug-likeness (QED) is 0.305. The summed E-state index contributed by atoms with van der Waals surface area (Å²) in [6.07, 6.45) is -0.0155. The Labute approximate surface area is 271 Å². The van der Waals surface area contributed by atoms with Crippen LogP contribution in [0.25, 0.3) is 5.00 Å². The molecule has 0 spiro atoms. The zero-order valence-corrected chi connectivity index (χ0v) is 26.5. The van der Waals surface area contributed by atoms with E-state index in [1.165, 1.54) is 18.2 Å². The fraction of sp³-hybridized carbons (Fsp3) is 0.250. The lowest BCUT2D eigenvalue weighted by atomic mass is 9.99. The summed E-state index contributed by atoms with van der Waals surface area (Å²) in [7, 11) is 0. The van der Waals surface area contributed by atoms with E-state index in [1.807, 2.05) is 30.5 Å². The molecule has 5 heterocycles. The van der Waals surface area contributed by atoms with Gasteiger partial charge in [0.2, 0.25) is 17.7 Å². The number of hydrogen-bond acceptors (Lipinski definition) is 9. The molecule has 2 aromatic carbocycles. The summed E-state index contributed by atoms with van der Waals surface area (Å²) in [5.74, 6) is -1.63. The van der Waals surface area contributed by atoms with Gasteiger partial charge < -0.3 is 5.32 Å². The summed E-state index contributed by atoms with van der Waals surface area (Å²) in [5, 5.41) is 15.3. The van der Waals surface area contributed by atoms with Crippen molar-refractivity contribution < 1.29 is 24.0 Å². The number of carbonyl (C=O) groups is 5. The molecule has 1 fully saturated rings. The molecule has 1 saturated heterocycles. The van der Waals surface area contributed by atoms with E-state index in [-0.39, 0.29) is 30.4 Å². The van der Waals surface area contributed by atoms with Crippen molar-refractivity contribution in [2.75, 3.05) is 5.32 Å². The minimum atomic E-state index is -1.08. The summed E-state index contributed by atoms with van der Waals surface area (Å²) in [4.78, 5) is 71.0. The summed E-state index contributed by atoms with van der Waals surface area (Å²) in [6.45, 7) is 5.96. The average molecular weight is 656 g/mol. The Bertz CT molecular complexity index is 2050. The van der Waals surface area contributed by atoms with Crippen LogP contribution in [-0.2, 0) is 14.4 Å². The lowest BCUT2D eigenvalue weighted by molar-refractivity contribution is -0.136. The van der Waals surface area contributed by atoms with E-state index in [2.05, 4.69) is 27.8 Å². The number of thiophene rings is 1. The summed E-state index contributed by atoms with van der Waals surface area (Å²) < 4.78 is 1.95. The highest BCUT2D eigenvalue weighted by molar-refractivity contribution is 7.15. The Hall–Kier alpha value is -5.01. The Morgan fingerprint density at radius 3 is 2.50 bits per heavy atom. The minimum Gasteiger partial charge on any atom is -0.326 e. The first-order valence-electron chi connectivity index (χ1n) is 14.5. The minimum absolute atomic E-state index is 0.0223. The lowest BCUT2D eigenvalue weighted by Gasteiger charge is -2.27. The van der Waals surface area contributed by atoms with Crippen LogP contribution < -0.4 is 10.6 Å². The molecular formula is C32H26ClN7O5S. The van der Waals surface area contributed by atoms with Crippen LogP contribution in [0.1, 0.15) is 79.2 Å². The topological polar surface area (TPSA) is 156 Å². The average Bonchev–Trinajstić information content (AvgIpc) is 3.58. The number of carbonyl (C=O) groups excluding carboxylic acids is 5. The number of aliphatic imine (C=N–C) groups is 1. The molecule has 0 radical (unpaired) electrons. The molecule has 2 atom stereocenters. The van der Waals surface area contributed by atoms with Gasteiger partial charge in [0.25, 0.3) is 11.8 Å². The van der Waals surface area contributed by atoms with Crippen LogP contribution in [-0.4, -0.2) is 61.0 Å². The Balaban J connectivity index is 1.19. The predicted octanol–water partition coefficient (Wildman–Crippen LogP) is 4.23. The Kier molecular flexibility index (Phi) is 7.17. The summed E-state index contributed by atoms with van der Waals surface area (Å²) in [5.41, 5.74) is 4.06. The van der Waals surface area contributed by atoms with Crippen LogP contribution in [0.5, 0.6) is 0 Å². The third kappa shape index (κ3) is 4.83. The number of aromatic nitrogens is 3. The predicted molar refractivity (Wildman–Crippen MR) is 170 cm³/mol. The van der Waals surface area contributed by atoms with Gasteiger partial charge in [-0.3, -0.25) is 43.7 Å². The largest absolute Gasteiger partial charge is 0.326 e. The number of benzene rings is 2. The molecule has 0 aliphatic carbocycles. The number of piperidine rings is 1. The number of rotatable bonds is 5. The lowest BCUT2D eigenvalue weighted by Crippen LogP contribution is -2.54. The zero-order valence-electron chi connectivity index (χ0n) is 24.9. The molecule has 4 aromatic rings. The van der Waals surface area contributed by atoms with Gasteiger partial charge in [-0.2, -0.15) is 0 Å². The third-order valence-electron chi connectivity index (χ3n) is 8.46. The molecule has 3 aliphatic heterocycles. The Morgan fingerprint density at radius 1 is 1.02 bits per heavy atom. The Morgan fingerprint density at radius 2 is 1.76 bits per heavy atom. The van der Waals surface area contributed by atoms with Gasteiger partial charge in [-0.25, -0.2) is 0 Å². The van der Waals surface area contributed by atoms with Gasteiger partial charge in [0.1, 0.15) is 22.9 Å². The highest BCUT2D eigenvalue weighted by atomic mass is 35.5. The van der Waals surface area contributed by atoms with Gasteiger partial charge in [-0.1, -0.05) is 23.7 Å². The molecule has 46 heavy (non-hydrogen) atoms. The molecule has 232 valence electrons. The van der Waals surface area contributed by atoms with Crippen molar-refractivity contribution >= 4 is 63.9 Å². The number of anilines is 1. The molecule has 2 N–H and O–H groups in total. The number of aryl methyl sites for hydroxylation is 2. The number of halogens is 1. The summed E-state index contributed by atoms with van der Waals surface area (Å²) >= 11 is 7.80. The summed E-state index contributed by atoms with van der Waals surface area (Å²) in [6, 6.07) is 10.0. The van der Waals surface area contributed by atoms with Crippen LogP contribution in [0.2, 0.25) is 5.02 Å². The van der Waals surface area contributed by atoms with Crippen molar-refractivity contribution in [3.05, 3.63) is 91.8 Å². The van der Waals surface area contributed by atoms with E-state index in [4.69, 9.17) is 16.6 Å². The molecule has 5 amide bonds.